The smallest absolute Gasteiger partial charge is 0.164 e. The van der Waals surface area contributed by atoms with Crippen LogP contribution in [0.1, 0.15) is 22.3 Å². The molecule has 0 saturated heterocycles. The zero-order chi connectivity index (χ0) is 38.9. The Labute approximate surface area is 343 Å². The molecule has 0 atom stereocenters. The maximum absolute atomic E-state index is 5.08. The third kappa shape index (κ3) is 5.11. The van der Waals surface area contributed by atoms with Crippen molar-refractivity contribution in [2.24, 2.45) is 0 Å². The van der Waals surface area contributed by atoms with E-state index in [2.05, 4.69) is 182 Å². The lowest BCUT2D eigenvalue weighted by Gasteiger charge is -2.30. The summed E-state index contributed by atoms with van der Waals surface area (Å²) in [5.41, 5.74) is 17.8. The van der Waals surface area contributed by atoms with Gasteiger partial charge in [-0.05, 0) is 89.7 Å². The fraction of sp³-hybridized carbons (Fsp3) is 0.0179. The van der Waals surface area contributed by atoms with Crippen molar-refractivity contribution < 1.29 is 0 Å². The summed E-state index contributed by atoms with van der Waals surface area (Å²) < 4.78 is 0. The van der Waals surface area contributed by atoms with Gasteiger partial charge in [0.25, 0.3) is 0 Å². The Morgan fingerprint density at radius 1 is 0.254 bits per heavy atom. The van der Waals surface area contributed by atoms with Crippen LogP contribution in [0.25, 0.3) is 89.4 Å². The third-order valence-corrected chi connectivity index (χ3v) is 12.3. The van der Waals surface area contributed by atoms with Gasteiger partial charge in [-0.2, -0.15) is 0 Å². The van der Waals surface area contributed by atoms with Crippen molar-refractivity contribution >= 4 is 10.8 Å². The molecule has 0 N–H and O–H groups in total. The number of aromatic nitrogens is 3. The number of hydrogen-bond donors (Lipinski definition) is 0. The van der Waals surface area contributed by atoms with Gasteiger partial charge >= 0.3 is 0 Å². The summed E-state index contributed by atoms with van der Waals surface area (Å²) in [4.78, 5) is 15.1. The van der Waals surface area contributed by atoms with Crippen LogP contribution in [0.2, 0.25) is 0 Å². The van der Waals surface area contributed by atoms with Gasteiger partial charge in [0.2, 0.25) is 0 Å². The van der Waals surface area contributed by atoms with E-state index in [0.29, 0.717) is 17.5 Å². The van der Waals surface area contributed by atoms with Gasteiger partial charge in [0.15, 0.2) is 17.5 Å². The molecule has 0 bridgehead atoms. The maximum Gasteiger partial charge on any atom is 0.164 e. The fourth-order valence-corrected chi connectivity index (χ4v) is 9.74. The van der Waals surface area contributed by atoms with Crippen LogP contribution in [0.3, 0.4) is 0 Å². The molecule has 2 aliphatic rings. The van der Waals surface area contributed by atoms with Gasteiger partial charge in [0.1, 0.15) is 0 Å². The number of benzene rings is 9. The molecule has 2 aliphatic carbocycles. The molecule has 12 rings (SSSR count). The lowest BCUT2D eigenvalue weighted by atomic mass is 9.70. The van der Waals surface area contributed by atoms with Crippen LogP contribution < -0.4 is 0 Å². The van der Waals surface area contributed by atoms with Crippen molar-refractivity contribution in [1.82, 2.24) is 15.0 Å². The molecule has 0 fully saturated rings. The van der Waals surface area contributed by atoms with Crippen molar-refractivity contribution in [3.05, 3.63) is 235 Å². The summed E-state index contributed by atoms with van der Waals surface area (Å²) in [5, 5.41) is 2.33. The van der Waals surface area contributed by atoms with Gasteiger partial charge in [-0.15, -0.1) is 0 Å². The predicted molar refractivity (Wildman–Crippen MR) is 241 cm³/mol. The first-order valence-corrected chi connectivity index (χ1v) is 20.2. The number of hydrogen-bond acceptors (Lipinski definition) is 3. The van der Waals surface area contributed by atoms with Crippen molar-refractivity contribution in [1.29, 1.82) is 0 Å². The highest BCUT2D eigenvalue weighted by Crippen LogP contribution is 2.63. The van der Waals surface area contributed by atoms with Gasteiger partial charge < -0.3 is 0 Å². The summed E-state index contributed by atoms with van der Waals surface area (Å²) in [6.45, 7) is 0. The van der Waals surface area contributed by atoms with Crippen LogP contribution in [-0.4, -0.2) is 15.0 Å². The van der Waals surface area contributed by atoms with E-state index < -0.39 is 0 Å². The van der Waals surface area contributed by atoms with Crippen molar-refractivity contribution in [3.8, 4) is 78.7 Å². The van der Waals surface area contributed by atoms with Crippen LogP contribution in [0.4, 0.5) is 0 Å². The summed E-state index contributed by atoms with van der Waals surface area (Å²) in [6.07, 6.45) is 0. The Morgan fingerprint density at radius 3 is 1.42 bits per heavy atom. The van der Waals surface area contributed by atoms with E-state index in [0.717, 1.165) is 33.2 Å². The first-order chi connectivity index (χ1) is 29.2. The Morgan fingerprint density at radius 2 is 0.712 bits per heavy atom. The second kappa shape index (κ2) is 13.2. The van der Waals surface area contributed by atoms with Gasteiger partial charge in [0, 0.05) is 16.7 Å². The van der Waals surface area contributed by atoms with Gasteiger partial charge in [-0.3, -0.25) is 0 Å². The lowest BCUT2D eigenvalue weighted by molar-refractivity contribution is 0.794. The number of fused-ring (bicyclic) bond motifs is 11. The van der Waals surface area contributed by atoms with Crippen LogP contribution in [-0.2, 0) is 5.41 Å². The molecule has 59 heavy (non-hydrogen) atoms. The quantitative estimate of drug-likeness (QED) is 0.176. The summed E-state index contributed by atoms with van der Waals surface area (Å²) in [6, 6.07) is 76.4. The van der Waals surface area contributed by atoms with E-state index in [1.54, 1.807) is 0 Å². The standard InChI is InChI=1S/C56H35N3/c1-2-15-39(16-3-1)53-57-54(59-55(58-53)43-33-30-36-14-4-5-17-40(36)35-43)42-19-12-18-41(34-42)37-28-31-38(32-29-37)44-23-13-27-51-52(44)47-22-8-11-26-50(47)56(51)48-24-9-6-20-45(48)46-21-7-10-25-49(46)56/h1-35H. The third-order valence-electron chi connectivity index (χ3n) is 12.3. The molecule has 9 aromatic carbocycles. The largest absolute Gasteiger partial charge is 0.208 e. The second-order valence-corrected chi connectivity index (χ2v) is 15.5. The molecule has 1 heterocycles. The van der Waals surface area contributed by atoms with Crippen molar-refractivity contribution in [3.63, 3.8) is 0 Å². The minimum atomic E-state index is -0.362. The average Bonchev–Trinajstić information content (AvgIpc) is 3.79. The molecular formula is C56H35N3. The molecule has 1 spiro atoms. The molecule has 274 valence electrons. The summed E-state index contributed by atoms with van der Waals surface area (Å²) in [7, 11) is 0. The van der Waals surface area contributed by atoms with E-state index >= 15 is 0 Å². The zero-order valence-corrected chi connectivity index (χ0v) is 32.0. The van der Waals surface area contributed by atoms with Gasteiger partial charge in [0.05, 0.1) is 5.41 Å². The van der Waals surface area contributed by atoms with Crippen LogP contribution in [0, 0.1) is 0 Å². The first-order valence-electron chi connectivity index (χ1n) is 20.2. The molecule has 1 aromatic heterocycles. The first kappa shape index (κ1) is 33.4. The lowest BCUT2D eigenvalue weighted by Crippen LogP contribution is -2.25. The topological polar surface area (TPSA) is 38.7 Å². The Hall–Kier alpha value is -7.75. The molecule has 0 aliphatic heterocycles. The highest BCUT2D eigenvalue weighted by molar-refractivity contribution is 6.00. The zero-order valence-electron chi connectivity index (χ0n) is 32.0. The molecule has 10 aromatic rings. The average molecular weight is 750 g/mol. The maximum atomic E-state index is 5.08. The van der Waals surface area contributed by atoms with Gasteiger partial charge in [-0.25, -0.2) is 15.0 Å². The molecule has 0 saturated carbocycles. The molecule has 0 amide bonds. The van der Waals surface area contributed by atoms with Crippen molar-refractivity contribution in [2.45, 2.75) is 5.41 Å². The molecule has 3 nitrogen and oxygen atoms in total. The summed E-state index contributed by atoms with van der Waals surface area (Å²) >= 11 is 0. The van der Waals surface area contributed by atoms with E-state index in [1.807, 2.05) is 30.3 Å². The van der Waals surface area contributed by atoms with E-state index in [9.17, 15) is 0 Å². The summed E-state index contributed by atoms with van der Waals surface area (Å²) in [5.74, 6) is 1.94. The van der Waals surface area contributed by atoms with Crippen LogP contribution >= 0.6 is 0 Å². The van der Waals surface area contributed by atoms with E-state index in [4.69, 9.17) is 15.0 Å². The highest BCUT2D eigenvalue weighted by atomic mass is 15.0. The molecule has 0 unspecified atom stereocenters. The molecular weight excluding hydrogens is 715 g/mol. The fourth-order valence-electron chi connectivity index (χ4n) is 9.74. The van der Waals surface area contributed by atoms with E-state index in [-0.39, 0.29) is 5.41 Å². The normalized spacial score (nSPS) is 12.9. The number of rotatable bonds is 5. The van der Waals surface area contributed by atoms with Crippen LogP contribution in [0.5, 0.6) is 0 Å². The predicted octanol–water partition coefficient (Wildman–Crippen LogP) is 13.7. The minimum absolute atomic E-state index is 0.362. The number of nitrogens with zero attached hydrogens (tertiary/aromatic N) is 3. The van der Waals surface area contributed by atoms with Crippen molar-refractivity contribution in [2.75, 3.05) is 0 Å². The highest BCUT2D eigenvalue weighted by Gasteiger charge is 2.51. The second-order valence-electron chi connectivity index (χ2n) is 15.5. The Bertz CT molecular complexity index is 3230. The SMILES string of the molecule is c1ccc(-c2nc(-c3cccc(-c4ccc(-c5cccc6c5-c5ccccc5C65c6ccccc6-c6ccccc65)cc4)c3)nc(-c3ccc4ccccc4c3)n2)cc1. The van der Waals surface area contributed by atoms with Crippen LogP contribution in [0.15, 0.2) is 212 Å². The van der Waals surface area contributed by atoms with Gasteiger partial charge in [-0.1, -0.05) is 200 Å². The Balaban J connectivity index is 0.946. The monoisotopic (exact) mass is 749 g/mol. The molecule has 3 heteroatoms. The Kier molecular flexibility index (Phi) is 7.45. The minimum Gasteiger partial charge on any atom is -0.208 e. The van der Waals surface area contributed by atoms with E-state index in [1.165, 1.54) is 61.0 Å². The molecule has 0 radical (unpaired) electrons.